The van der Waals surface area contributed by atoms with Crippen LogP contribution in [0.3, 0.4) is 0 Å². The quantitative estimate of drug-likeness (QED) is 0.243. The smallest absolute Gasteiger partial charge is 0.332 e. The van der Waals surface area contributed by atoms with Crippen LogP contribution in [0.5, 0.6) is 0 Å². The van der Waals surface area contributed by atoms with E-state index in [1.165, 1.54) is 4.88 Å². The van der Waals surface area contributed by atoms with E-state index in [-0.39, 0.29) is 23.2 Å². The molecule has 2 aromatic heterocycles. The van der Waals surface area contributed by atoms with Gasteiger partial charge in [0.1, 0.15) is 16.1 Å². The van der Waals surface area contributed by atoms with E-state index in [9.17, 15) is 4.79 Å². The fraction of sp³-hybridized carbons (Fsp3) is 0.514. The van der Waals surface area contributed by atoms with Gasteiger partial charge in [-0.1, -0.05) is 62.7 Å². The van der Waals surface area contributed by atoms with Crippen LogP contribution in [0.4, 0.5) is 0 Å². The summed E-state index contributed by atoms with van der Waals surface area (Å²) in [6.45, 7) is 16.2. The van der Waals surface area contributed by atoms with Gasteiger partial charge >= 0.3 is 5.97 Å². The summed E-state index contributed by atoms with van der Waals surface area (Å²) < 4.78 is 7.03. The van der Waals surface area contributed by atoms with Crippen molar-refractivity contribution < 1.29 is 14.3 Å². The van der Waals surface area contributed by atoms with Gasteiger partial charge in [0.25, 0.3) is 5.91 Å². The second-order valence-electron chi connectivity index (χ2n) is 14.4. The van der Waals surface area contributed by atoms with Crippen LogP contribution in [-0.2, 0) is 21.4 Å². The van der Waals surface area contributed by atoms with Crippen molar-refractivity contribution in [2.45, 2.75) is 110 Å². The van der Waals surface area contributed by atoms with Crippen molar-refractivity contribution in [3.05, 3.63) is 79.7 Å². The summed E-state index contributed by atoms with van der Waals surface area (Å²) in [4.78, 5) is 46.9. The van der Waals surface area contributed by atoms with Crippen LogP contribution in [0, 0.1) is 5.92 Å². The number of halogens is 1. The first-order valence-electron chi connectivity index (χ1n) is 15.4. The standard InChI is InChI=1S/C35H43BrN4O3S/c1-21(2)18-35(32(42)43-34(6,7)8)19-23(27-20-37-15-16-38-27)29(30-39-26-11-9-10-12-28(26)44-30)40(35)31(41)22-13-14-24(25(36)17-22)33(3,4)5/h9,11,13-17,20-21,23,29H,10,12,18-19H2,1-8H3/t23-,29-,35+/m1/s1. The van der Waals surface area contributed by atoms with E-state index < -0.39 is 23.2 Å². The summed E-state index contributed by atoms with van der Waals surface area (Å²) in [5, 5.41) is 0.810. The number of ether oxygens (including phenoxy) is 1. The highest BCUT2D eigenvalue weighted by Crippen LogP contribution is 2.55. The van der Waals surface area contributed by atoms with Gasteiger partial charge < -0.3 is 9.64 Å². The number of likely N-dealkylation sites (tertiary alicyclic amines) is 1. The Kier molecular flexibility index (Phi) is 8.95. The van der Waals surface area contributed by atoms with Gasteiger partial charge in [-0.2, -0.15) is 0 Å². The number of hydrogen-bond acceptors (Lipinski definition) is 7. The van der Waals surface area contributed by atoms with Gasteiger partial charge in [0.15, 0.2) is 0 Å². The number of hydrogen-bond donors (Lipinski definition) is 0. The summed E-state index contributed by atoms with van der Waals surface area (Å²) in [5.74, 6) is -0.831. The van der Waals surface area contributed by atoms with Crippen LogP contribution in [-0.4, -0.2) is 42.9 Å². The number of benzene rings is 1. The molecule has 3 aromatic rings. The highest BCUT2D eigenvalue weighted by Gasteiger charge is 2.61. The Labute approximate surface area is 273 Å². The number of carbonyl (C=O) groups excluding carboxylic acids is 2. The van der Waals surface area contributed by atoms with E-state index in [0.29, 0.717) is 18.4 Å². The topological polar surface area (TPSA) is 85.3 Å². The van der Waals surface area contributed by atoms with E-state index in [4.69, 9.17) is 14.7 Å². The first kappa shape index (κ1) is 32.5. The second-order valence-corrected chi connectivity index (χ2v) is 16.4. The molecule has 0 saturated carbocycles. The monoisotopic (exact) mass is 678 g/mol. The molecule has 1 amide bonds. The number of carbonyl (C=O) groups is 2. The molecule has 0 N–H and O–H groups in total. The van der Waals surface area contributed by atoms with Crippen molar-refractivity contribution in [1.29, 1.82) is 0 Å². The zero-order valence-corrected chi connectivity index (χ0v) is 29.4. The molecular weight excluding hydrogens is 636 g/mol. The molecule has 44 heavy (non-hydrogen) atoms. The van der Waals surface area contributed by atoms with Crippen LogP contribution in [0.25, 0.3) is 6.08 Å². The Morgan fingerprint density at radius 3 is 2.50 bits per heavy atom. The molecule has 5 rings (SSSR count). The first-order chi connectivity index (χ1) is 20.6. The SMILES string of the molecule is CC(C)C[C@@]1(C(=O)OC(C)(C)C)C[C@H](c2cnccn2)[C@H](c2nc3c(s2)CCC=C3)N1C(=O)c1ccc(C(C)(C)C)c(Br)c1. The molecule has 9 heteroatoms. The van der Waals surface area contributed by atoms with Crippen molar-refractivity contribution in [3.63, 3.8) is 0 Å². The molecule has 1 aromatic carbocycles. The van der Waals surface area contributed by atoms with Gasteiger partial charge in [-0.05, 0) is 81.6 Å². The minimum Gasteiger partial charge on any atom is -0.458 e. The molecule has 0 radical (unpaired) electrons. The Morgan fingerprint density at radius 2 is 1.91 bits per heavy atom. The molecular formula is C35H43BrN4O3S. The normalized spacial score (nSPS) is 21.9. The number of esters is 1. The number of aromatic nitrogens is 3. The molecule has 0 unspecified atom stereocenters. The van der Waals surface area contributed by atoms with Crippen LogP contribution < -0.4 is 0 Å². The fourth-order valence-electron chi connectivity index (χ4n) is 6.51. The van der Waals surface area contributed by atoms with Crippen molar-refractivity contribution in [3.8, 4) is 0 Å². The number of amides is 1. The van der Waals surface area contributed by atoms with Gasteiger partial charge in [0.2, 0.25) is 0 Å². The number of rotatable bonds is 6. The predicted octanol–water partition coefficient (Wildman–Crippen LogP) is 8.45. The lowest BCUT2D eigenvalue weighted by molar-refractivity contribution is -0.168. The molecule has 234 valence electrons. The summed E-state index contributed by atoms with van der Waals surface area (Å²) >= 11 is 5.38. The maximum absolute atomic E-state index is 15.1. The van der Waals surface area contributed by atoms with E-state index in [0.717, 1.165) is 39.3 Å². The number of allylic oxidation sites excluding steroid dienone is 1. The van der Waals surface area contributed by atoms with E-state index in [1.807, 2.05) is 43.9 Å². The molecule has 1 aliphatic carbocycles. The molecule has 1 aliphatic heterocycles. The lowest BCUT2D eigenvalue weighted by Gasteiger charge is -2.41. The van der Waals surface area contributed by atoms with E-state index >= 15 is 4.79 Å². The third-order valence-corrected chi connectivity index (χ3v) is 10.1. The molecule has 2 aliphatic rings. The number of thiazole rings is 1. The maximum Gasteiger partial charge on any atom is 0.332 e. The number of aryl methyl sites for hydroxylation is 1. The van der Waals surface area contributed by atoms with Crippen molar-refractivity contribution >= 4 is 45.2 Å². The Balaban J connectivity index is 1.76. The Bertz CT molecular complexity index is 1570. The van der Waals surface area contributed by atoms with E-state index in [2.05, 4.69) is 67.7 Å². The summed E-state index contributed by atoms with van der Waals surface area (Å²) in [7, 11) is 0. The lowest BCUT2D eigenvalue weighted by Crippen LogP contribution is -2.56. The molecule has 1 fully saturated rings. The number of nitrogens with zero attached hydrogens (tertiary/aromatic N) is 4. The highest BCUT2D eigenvalue weighted by atomic mass is 79.9. The van der Waals surface area contributed by atoms with Gasteiger partial charge in [-0.25, -0.2) is 9.78 Å². The third-order valence-electron chi connectivity index (χ3n) is 8.22. The zero-order valence-electron chi connectivity index (χ0n) is 27.0. The molecule has 1 saturated heterocycles. The van der Waals surface area contributed by atoms with Gasteiger partial charge in [0.05, 0.1) is 17.4 Å². The summed E-state index contributed by atoms with van der Waals surface area (Å²) in [6, 6.07) is 5.24. The zero-order chi connectivity index (χ0) is 32.0. The molecule has 0 spiro atoms. The molecule has 7 nitrogen and oxygen atoms in total. The Morgan fingerprint density at radius 1 is 1.16 bits per heavy atom. The van der Waals surface area contributed by atoms with Crippen molar-refractivity contribution in [2.24, 2.45) is 5.92 Å². The van der Waals surface area contributed by atoms with Crippen molar-refractivity contribution in [2.75, 3.05) is 0 Å². The minimum absolute atomic E-state index is 0.0986. The Hall–Kier alpha value is -2.91. The molecule has 0 bridgehead atoms. The van der Waals surface area contributed by atoms with Gasteiger partial charge in [-0.15, -0.1) is 11.3 Å². The summed E-state index contributed by atoms with van der Waals surface area (Å²) in [5.41, 5.74) is 1.19. The molecule has 3 atom stereocenters. The summed E-state index contributed by atoms with van der Waals surface area (Å²) in [6.07, 6.45) is 11.9. The van der Waals surface area contributed by atoms with E-state index in [1.54, 1.807) is 29.9 Å². The highest BCUT2D eigenvalue weighted by molar-refractivity contribution is 9.10. The minimum atomic E-state index is -1.25. The maximum atomic E-state index is 15.1. The number of fused-ring (bicyclic) bond motifs is 1. The van der Waals surface area contributed by atoms with Gasteiger partial charge in [-0.3, -0.25) is 14.8 Å². The average molecular weight is 680 g/mol. The van der Waals surface area contributed by atoms with Crippen LogP contribution in [0.15, 0.2) is 47.3 Å². The fourth-order valence-corrected chi connectivity index (χ4v) is 8.71. The predicted molar refractivity (Wildman–Crippen MR) is 179 cm³/mol. The van der Waals surface area contributed by atoms with Gasteiger partial charge in [0, 0.05) is 39.4 Å². The second kappa shape index (κ2) is 12.1. The van der Waals surface area contributed by atoms with Crippen LogP contribution in [0.1, 0.15) is 124 Å². The third kappa shape index (κ3) is 6.41. The van der Waals surface area contributed by atoms with Crippen LogP contribution in [0.2, 0.25) is 0 Å². The lowest BCUT2D eigenvalue weighted by atomic mass is 9.82. The van der Waals surface area contributed by atoms with Crippen LogP contribution >= 0.6 is 27.3 Å². The van der Waals surface area contributed by atoms with Crippen molar-refractivity contribution in [1.82, 2.24) is 19.9 Å². The largest absolute Gasteiger partial charge is 0.458 e. The average Bonchev–Trinajstić information content (AvgIpc) is 3.51. The molecule has 3 heterocycles. The first-order valence-corrected chi connectivity index (χ1v) is 17.0.